The first-order valence-corrected chi connectivity index (χ1v) is 7.05. The van der Waals surface area contributed by atoms with E-state index in [1.54, 1.807) is 12.1 Å². The lowest BCUT2D eigenvalue weighted by Gasteiger charge is -2.07. The second-order valence-corrected chi connectivity index (χ2v) is 5.51. The molecule has 1 aromatic heterocycles. The van der Waals surface area contributed by atoms with Crippen LogP contribution in [-0.4, -0.2) is 9.97 Å². The van der Waals surface area contributed by atoms with Crippen LogP contribution in [0.5, 0.6) is 0 Å². The normalized spacial score (nSPS) is 10.9. The summed E-state index contributed by atoms with van der Waals surface area (Å²) in [5.74, 6) is 0.655. The van der Waals surface area contributed by atoms with Gasteiger partial charge in [-0.05, 0) is 58.7 Å². The van der Waals surface area contributed by atoms with Crippen LogP contribution in [0.15, 0.2) is 40.9 Å². The topological polar surface area (TPSA) is 40.7 Å². The van der Waals surface area contributed by atoms with E-state index in [2.05, 4.69) is 31.2 Å². The van der Waals surface area contributed by atoms with Crippen molar-refractivity contribution in [3.63, 3.8) is 0 Å². The Bertz CT molecular complexity index is 767. The molecule has 0 unspecified atom stereocenters. The number of fused-ring (bicyclic) bond motifs is 1. The number of aromatic nitrogens is 2. The highest BCUT2D eigenvalue weighted by molar-refractivity contribution is 9.10. The second-order valence-electron chi connectivity index (χ2n) is 4.66. The number of nitrogens with one attached hydrogen (secondary N) is 2. The van der Waals surface area contributed by atoms with Crippen molar-refractivity contribution < 1.29 is 4.39 Å². The maximum atomic E-state index is 13.2. The van der Waals surface area contributed by atoms with Gasteiger partial charge in [0, 0.05) is 12.2 Å². The zero-order chi connectivity index (χ0) is 14.1. The molecule has 3 nitrogen and oxygen atoms in total. The Morgan fingerprint density at radius 2 is 2.10 bits per heavy atom. The third-order valence-corrected chi connectivity index (χ3v) is 3.69. The van der Waals surface area contributed by atoms with Gasteiger partial charge in [0.1, 0.15) is 11.6 Å². The van der Waals surface area contributed by atoms with Crippen LogP contribution >= 0.6 is 15.9 Å². The predicted molar refractivity (Wildman–Crippen MR) is 82.3 cm³/mol. The number of imidazole rings is 1. The van der Waals surface area contributed by atoms with Gasteiger partial charge in [-0.25, -0.2) is 9.37 Å². The first kappa shape index (κ1) is 13.1. The van der Waals surface area contributed by atoms with E-state index in [0.717, 1.165) is 28.1 Å². The fourth-order valence-electron chi connectivity index (χ4n) is 2.10. The molecule has 0 bridgehead atoms. The number of nitrogens with zero attached hydrogens (tertiary/aromatic N) is 1. The number of benzene rings is 2. The molecule has 0 aliphatic carbocycles. The number of hydrogen-bond acceptors (Lipinski definition) is 2. The molecule has 0 radical (unpaired) electrons. The molecule has 3 aromatic rings. The summed E-state index contributed by atoms with van der Waals surface area (Å²) in [4.78, 5) is 7.57. The Balaban J connectivity index is 1.77. The van der Waals surface area contributed by atoms with Gasteiger partial charge in [-0.2, -0.15) is 0 Å². The summed E-state index contributed by atoms with van der Waals surface area (Å²) in [6, 6.07) is 11.0. The van der Waals surface area contributed by atoms with Gasteiger partial charge in [-0.15, -0.1) is 0 Å². The van der Waals surface area contributed by atoms with Crippen LogP contribution in [0.2, 0.25) is 0 Å². The standard InChI is InChI=1S/C15H13BrFN3/c1-9-19-14-5-3-11(7-15(14)20-9)18-8-10-2-4-13(17)12(16)6-10/h2-7,18H,8H2,1H3,(H,19,20). The van der Waals surface area contributed by atoms with Crippen molar-refractivity contribution in [2.24, 2.45) is 0 Å². The minimum absolute atomic E-state index is 0.247. The lowest BCUT2D eigenvalue weighted by atomic mass is 10.2. The number of H-pyrrole nitrogens is 1. The fourth-order valence-corrected chi connectivity index (χ4v) is 2.53. The molecule has 5 heteroatoms. The lowest BCUT2D eigenvalue weighted by Crippen LogP contribution is -1.99. The largest absolute Gasteiger partial charge is 0.381 e. The Morgan fingerprint density at radius 3 is 2.90 bits per heavy atom. The molecule has 2 aromatic carbocycles. The average molecular weight is 334 g/mol. The highest BCUT2D eigenvalue weighted by Crippen LogP contribution is 2.20. The van der Waals surface area contributed by atoms with Crippen molar-refractivity contribution >= 4 is 32.7 Å². The molecule has 0 aliphatic heterocycles. The second kappa shape index (κ2) is 5.25. The van der Waals surface area contributed by atoms with Crippen LogP contribution in [0.25, 0.3) is 11.0 Å². The molecule has 0 aliphatic rings. The van der Waals surface area contributed by atoms with Gasteiger partial charge >= 0.3 is 0 Å². The molecule has 0 saturated heterocycles. The number of hydrogen-bond donors (Lipinski definition) is 2. The van der Waals surface area contributed by atoms with Crippen molar-refractivity contribution in [3.8, 4) is 0 Å². The molecule has 3 rings (SSSR count). The van der Waals surface area contributed by atoms with E-state index in [-0.39, 0.29) is 5.82 Å². The summed E-state index contributed by atoms with van der Waals surface area (Å²) in [6.45, 7) is 2.57. The number of halogens is 2. The average Bonchev–Trinajstić information content (AvgIpc) is 2.79. The Hall–Kier alpha value is -1.88. The molecule has 0 amide bonds. The summed E-state index contributed by atoms with van der Waals surface area (Å²) in [6.07, 6.45) is 0. The summed E-state index contributed by atoms with van der Waals surface area (Å²) >= 11 is 3.19. The fraction of sp³-hybridized carbons (Fsp3) is 0.133. The number of anilines is 1. The molecule has 0 saturated carbocycles. The minimum Gasteiger partial charge on any atom is -0.381 e. The molecule has 0 spiro atoms. The lowest BCUT2D eigenvalue weighted by molar-refractivity contribution is 0.620. The molecule has 102 valence electrons. The Labute approximate surface area is 124 Å². The van der Waals surface area contributed by atoms with Crippen LogP contribution < -0.4 is 5.32 Å². The maximum Gasteiger partial charge on any atom is 0.137 e. The highest BCUT2D eigenvalue weighted by Gasteiger charge is 2.03. The summed E-state index contributed by atoms with van der Waals surface area (Å²) in [7, 11) is 0. The van der Waals surface area contributed by atoms with E-state index in [0.29, 0.717) is 11.0 Å². The number of rotatable bonds is 3. The van der Waals surface area contributed by atoms with Crippen LogP contribution in [-0.2, 0) is 6.54 Å². The molecule has 0 fully saturated rings. The van der Waals surface area contributed by atoms with E-state index in [9.17, 15) is 4.39 Å². The summed E-state index contributed by atoms with van der Waals surface area (Å²) in [5.41, 5.74) is 3.98. The van der Waals surface area contributed by atoms with E-state index in [1.165, 1.54) is 6.07 Å². The molecule has 0 atom stereocenters. The van der Waals surface area contributed by atoms with Crippen LogP contribution in [0, 0.1) is 12.7 Å². The number of aromatic amines is 1. The van der Waals surface area contributed by atoms with Gasteiger partial charge in [-0.1, -0.05) is 6.07 Å². The van der Waals surface area contributed by atoms with Gasteiger partial charge in [-0.3, -0.25) is 0 Å². The number of aryl methyl sites for hydroxylation is 1. The van der Waals surface area contributed by atoms with Crippen molar-refractivity contribution in [3.05, 3.63) is 58.1 Å². The SMILES string of the molecule is Cc1nc2ccc(NCc3ccc(F)c(Br)c3)cc2[nH]1. The molecule has 2 N–H and O–H groups in total. The molecule has 1 heterocycles. The Morgan fingerprint density at radius 1 is 1.25 bits per heavy atom. The van der Waals surface area contributed by atoms with Crippen molar-refractivity contribution in [2.75, 3.05) is 5.32 Å². The first-order chi connectivity index (χ1) is 9.61. The highest BCUT2D eigenvalue weighted by atomic mass is 79.9. The van der Waals surface area contributed by atoms with E-state index >= 15 is 0 Å². The van der Waals surface area contributed by atoms with Crippen LogP contribution in [0.3, 0.4) is 0 Å². The Kier molecular flexibility index (Phi) is 3.44. The van der Waals surface area contributed by atoms with Gasteiger partial charge in [0.05, 0.1) is 15.5 Å². The molecular weight excluding hydrogens is 321 g/mol. The van der Waals surface area contributed by atoms with Crippen LogP contribution in [0.1, 0.15) is 11.4 Å². The van der Waals surface area contributed by atoms with Gasteiger partial charge < -0.3 is 10.3 Å². The summed E-state index contributed by atoms with van der Waals surface area (Å²) < 4.78 is 13.6. The monoisotopic (exact) mass is 333 g/mol. The minimum atomic E-state index is -0.247. The zero-order valence-electron chi connectivity index (χ0n) is 10.9. The van der Waals surface area contributed by atoms with E-state index < -0.39 is 0 Å². The third-order valence-electron chi connectivity index (χ3n) is 3.08. The van der Waals surface area contributed by atoms with Crippen LogP contribution in [0.4, 0.5) is 10.1 Å². The quantitative estimate of drug-likeness (QED) is 0.746. The van der Waals surface area contributed by atoms with E-state index in [1.807, 2.05) is 25.1 Å². The molecule has 20 heavy (non-hydrogen) atoms. The van der Waals surface area contributed by atoms with Crippen molar-refractivity contribution in [1.29, 1.82) is 0 Å². The maximum absolute atomic E-state index is 13.2. The molecular formula is C15H13BrFN3. The smallest absolute Gasteiger partial charge is 0.137 e. The zero-order valence-corrected chi connectivity index (χ0v) is 12.5. The first-order valence-electron chi connectivity index (χ1n) is 6.26. The predicted octanol–water partition coefficient (Wildman–Crippen LogP) is 4.39. The third kappa shape index (κ3) is 2.67. The van der Waals surface area contributed by atoms with Crippen molar-refractivity contribution in [2.45, 2.75) is 13.5 Å². The van der Waals surface area contributed by atoms with Gasteiger partial charge in [0.15, 0.2) is 0 Å². The van der Waals surface area contributed by atoms with Crippen molar-refractivity contribution in [1.82, 2.24) is 9.97 Å². The summed E-state index contributed by atoms with van der Waals surface area (Å²) in [5, 5.41) is 3.32. The van der Waals surface area contributed by atoms with Gasteiger partial charge in [0.2, 0.25) is 0 Å². The van der Waals surface area contributed by atoms with E-state index in [4.69, 9.17) is 0 Å². The van der Waals surface area contributed by atoms with Gasteiger partial charge in [0.25, 0.3) is 0 Å².